The molecule has 0 spiro atoms. The molecule has 1 aliphatic heterocycles. The van der Waals surface area contributed by atoms with Crippen molar-refractivity contribution in [2.45, 2.75) is 45.3 Å². The number of carbonyl (C=O) groups excluding carboxylic acids is 2. The van der Waals surface area contributed by atoms with Crippen molar-refractivity contribution < 1.29 is 19.1 Å². The van der Waals surface area contributed by atoms with E-state index in [0.717, 1.165) is 40.5 Å². The van der Waals surface area contributed by atoms with E-state index >= 15 is 0 Å². The van der Waals surface area contributed by atoms with Gasteiger partial charge >= 0.3 is 6.09 Å². The second-order valence-corrected chi connectivity index (χ2v) is 10.5. The van der Waals surface area contributed by atoms with E-state index in [4.69, 9.17) is 9.47 Å². The molecule has 1 saturated heterocycles. The van der Waals surface area contributed by atoms with Gasteiger partial charge in [0.1, 0.15) is 29.1 Å². The lowest BCUT2D eigenvalue weighted by Gasteiger charge is -2.39. The zero-order valence-electron chi connectivity index (χ0n) is 22.0. The van der Waals surface area contributed by atoms with Gasteiger partial charge < -0.3 is 25.0 Å². The number of amides is 2. The third-order valence-electron chi connectivity index (χ3n) is 6.21. The molecule has 2 aliphatic rings. The first-order chi connectivity index (χ1) is 18.2. The number of anilines is 2. The first-order valence-electron chi connectivity index (χ1n) is 12.7. The van der Waals surface area contributed by atoms with Gasteiger partial charge in [-0.2, -0.15) is 0 Å². The topological polar surface area (TPSA) is 106 Å². The minimum absolute atomic E-state index is 0.00846. The summed E-state index contributed by atoms with van der Waals surface area (Å²) >= 11 is 0. The van der Waals surface area contributed by atoms with E-state index in [9.17, 15) is 9.59 Å². The molecule has 1 aromatic carbocycles. The van der Waals surface area contributed by atoms with Crippen LogP contribution in [0.3, 0.4) is 0 Å². The van der Waals surface area contributed by atoms with Crippen molar-refractivity contribution in [3.05, 3.63) is 53.9 Å². The highest BCUT2D eigenvalue weighted by atomic mass is 16.6. The summed E-state index contributed by atoms with van der Waals surface area (Å²) in [6.45, 7) is 6.55. The number of fused-ring (bicyclic) bond motifs is 1. The normalized spacial score (nSPS) is 15.2. The first-order valence-corrected chi connectivity index (χ1v) is 12.7. The maximum absolute atomic E-state index is 12.2. The SMILES string of the molecule is CNc1ncc(C#Cc2ccc(OC3CN(C(=O)OC(C)(C)C)C3)cc2)c2cc(NC(=O)C3CC3)ncc12. The summed E-state index contributed by atoms with van der Waals surface area (Å²) in [6.07, 6.45) is 4.90. The maximum Gasteiger partial charge on any atom is 0.410 e. The lowest BCUT2D eigenvalue weighted by atomic mass is 10.1. The van der Waals surface area contributed by atoms with E-state index in [0.29, 0.717) is 24.7 Å². The summed E-state index contributed by atoms with van der Waals surface area (Å²) in [5.41, 5.74) is 1.05. The van der Waals surface area contributed by atoms with Crippen molar-refractivity contribution in [1.29, 1.82) is 0 Å². The molecule has 0 bridgehead atoms. The average Bonchev–Trinajstić information content (AvgIpc) is 3.70. The third-order valence-corrected chi connectivity index (χ3v) is 6.21. The molecule has 2 N–H and O–H groups in total. The monoisotopic (exact) mass is 513 g/mol. The Kier molecular flexibility index (Phi) is 6.81. The number of hydrogen-bond donors (Lipinski definition) is 2. The van der Waals surface area contributed by atoms with Crippen molar-refractivity contribution in [1.82, 2.24) is 14.9 Å². The number of hydrogen-bond acceptors (Lipinski definition) is 7. The van der Waals surface area contributed by atoms with Crippen LogP contribution >= 0.6 is 0 Å². The fraction of sp³-hybridized carbons (Fsp3) is 0.379. The minimum Gasteiger partial charge on any atom is -0.487 e. The van der Waals surface area contributed by atoms with Crippen LogP contribution in [0.1, 0.15) is 44.7 Å². The molecular formula is C29H31N5O4. The van der Waals surface area contributed by atoms with Gasteiger partial charge in [0.15, 0.2) is 0 Å². The lowest BCUT2D eigenvalue weighted by molar-refractivity contribution is -0.117. The second kappa shape index (κ2) is 10.2. The van der Waals surface area contributed by atoms with Crippen LogP contribution < -0.4 is 15.4 Å². The zero-order chi connectivity index (χ0) is 26.9. The number of carbonyl (C=O) groups is 2. The second-order valence-electron chi connectivity index (χ2n) is 10.5. The molecule has 1 saturated carbocycles. The number of likely N-dealkylation sites (tertiary alicyclic amines) is 1. The molecule has 1 aliphatic carbocycles. The van der Waals surface area contributed by atoms with Gasteiger partial charge in [-0.25, -0.2) is 14.8 Å². The van der Waals surface area contributed by atoms with Gasteiger partial charge in [-0.1, -0.05) is 11.8 Å². The number of benzene rings is 1. The van der Waals surface area contributed by atoms with Crippen molar-refractivity contribution in [3.63, 3.8) is 0 Å². The van der Waals surface area contributed by atoms with Gasteiger partial charge in [-0.15, -0.1) is 0 Å². The Hall–Kier alpha value is -4.32. The van der Waals surface area contributed by atoms with E-state index in [1.807, 2.05) is 51.1 Å². The molecule has 38 heavy (non-hydrogen) atoms. The van der Waals surface area contributed by atoms with E-state index in [1.54, 1.807) is 24.3 Å². The van der Waals surface area contributed by atoms with Gasteiger partial charge in [-0.3, -0.25) is 4.79 Å². The molecule has 2 fully saturated rings. The summed E-state index contributed by atoms with van der Waals surface area (Å²) in [5.74, 6) is 8.42. The van der Waals surface area contributed by atoms with Gasteiger partial charge in [0.2, 0.25) is 5.91 Å². The summed E-state index contributed by atoms with van der Waals surface area (Å²) < 4.78 is 11.4. The largest absolute Gasteiger partial charge is 0.487 e. The molecule has 2 aromatic heterocycles. The van der Waals surface area contributed by atoms with Crippen molar-refractivity contribution in [2.75, 3.05) is 30.8 Å². The molecule has 2 amide bonds. The van der Waals surface area contributed by atoms with Gasteiger partial charge in [-0.05, 0) is 63.9 Å². The summed E-state index contributed by atoms with van der Waals surface area (Å²) in [6, 6.07) is 9.38. The number of rotatable bonds is 5. The van der Waals surface area contributed by atoms with Crippen molar-refractivity contribution >= 4 is 34.4 Å². The van der Waals surface area contributed by atoms with E-state index < -0.39 is 5.60 Å². The molecule has 0 atom stereocenters. The number of ether oxygens (including phenoxy) is 2. The van der Waals surface area contributed by atoms with Crippen LogP contribution in [-0.2, 0) is 9.53 Å². The van der Waals surface area contributed by atoms with Crippen LogP contribution in [0.25, 0.3) is 10.8 Å². The molecule has 9 nitrogen and oxygen atoms in total. The Labute approximate surface area is 221 Å². The third kappa shape index (κ3) is 5.97. The lowest BCUT2D eigenvalue weighted by Crippen LogP contribution is -2.57. The highest BCUT2D eigenvalue weighted by Gasteiger charge is 2.35. The number of aromatic nitrogens is 2. The zero-order valence-corrected chi connectivity index (χ0v) is 22.0. The highest BCUT2D eigenvalue weighted by molar-refractivity contribution is 5.99. The highest BCUT2D eigenvalue weighted by Crippen LogP contribution is 2.31. The maximum atomic E-state index is 12.2. The smallest absolute Gasteiger partial charge is 0.410 e. The molecule has 5 rings (SSSR count). The summed E-state index contributed by atoms with van der Waals surface area (Å²) in [5, 5.41) is 7.67. The van der Waals surface area contributed by atoms with Crippen LogP contribution in [-0.4, -0.2) is 58.7 Å². The van der Waals surface area contributed by atoms with E-state index in [2.05, 4.69) is 32.4 Å². The van der Waals surface area contributed by atoms with Crippen LogP contribution in [0.15, 0.2) is 42.7 Å². The molecule has 3 heterocycles. The predicted molar refractivity (Wildman–Crippen MR) is 145 cm³/mol. The molecule has 0 radical (unpaired) electrons. The van der Waals surface area contributed by atoms with Gasteiger partial charge in [0.05, 0.1) is 18.7 Å². The van der Waals surface area contributed by atoms with Crippen LogP contribution in [0.4, 0.5) is 16.4 Å². The standard InChI is InChI=1S/C29H31N5O4/c1-29(2,3)38-28(36)34-16-22(17-34)37-21-11-6-18(7-12-21)5-8-20-14-32-26(30-4)24-15-31-25(13-23(20)24)33-27(35)19-9-10-19/h6-7,11-15,19,22H,9-10,16-17H2,1-4H3,(H,30,32)(H,31,33,35). The van der Waals surface area contributed by atoms with E-state index in [-0.39, 0.29) is 24.0 Å². The predicted octanol–water partition coefficient (Wildman–Crippen LogP) is 4.42. The number of pyridine rings is 2. The Morgan fingerprint density at radius 2 is 1.76 bits per heavy atom. The summed E-state index contributed by atoms with van der Waals surface area (Å²) in [7, 11) is 1.80. The Bertz CT molecular complexity index is 1430. The van der Waals surface area contributed by atoms with Crippen LogP contribution in [0.2, 0.25) is 0 Å². The quantitative estimate of drug-likeness (QED) is 0.487. The summed E-state index contributed by atoms with van der Waals surface area (Å²) in [4.78, 5) is 34.8. The fourth-order valence-electron chi connectivity index (χ4n) is 4.01. The van der Waals surface area contributed by atoms with Gasteiger partial charge in [0, 0.05) is 41.7 Å². The number of nitrogens with one attached hydrogen (secondary N) is 2. The van der Waals surface area contributed by atoms with Crippen LogP contribution in [0, 0.1) is 17.8 Å². The van der Waals surface area contributed by atoms with Crippen LogP contribution in [0.5, 0.6) is 5.75 Å². The molecule has 3 aromatic rings. The molecular weight excluding hydrogens is 482 g/mol. The Balaban J connectivity index is 1.26. The van der Waals surface area contributed by atoms with Gasteiger partial charge in [0.25, 0.3) is 0 Å². The molecule has 9 heteroatoms. The number of nitrogens with zero attached hydrogens (tertiary/aromatic N) is 3. The average molecular weight is 514 g/mol. The Morgan fingerprint density at radius 3 is 2.42 bits per heavy atom. The fourth-order valence-corrected chi connectivity index (χ4v) is 4.01. The van der Waals surface area contributed by atoms with Crippen molar-refractivity contribution in [3.8, 4) is 17.6 Å². The Morgan fingerprint density at radius 1 is 1.03 bits per heavy atom. The minimum atomic E-state index is -0.512. The van der Waals surface area contributed by atoms with E-state index in [1.165, 1.54) is 0 Å². The molecule has 196 valence electrons. The molecule has 0 unspecified atom stereocenters. The van der Waals surface area contributed by atoms with Crippen molar-refractivity contribution in [2.24, 2.45) is 5.92 Å². The first kappa shape index (κ1) is 25.3.